The lowest BCUT2D eigenvalue weighted by atomic mass is 10.1. The van der Waals surface area contributed by atoms with E-state index in [2.05, 4.69) is 19.2 Å². The van der Waals surface area contributed by atoms with Crippen molar-refractivity contribution < 1.29 is 14.4 Å². The predicted molar refractivity (Wildman–Crippen MR) is 96.2 cm³/mol. The molecule has 25 heavy (non-hydrogen) atoms. The molecule has 1 aromatic carbocycles. The van der Waals surface area contributed by atoms with Gasteiger partial charge in [0.15, 0.2) is 0 Å². The van der Waals surface area contributed by atoms with E-state index in [1.54, 1.807) is 9.80 Å². The summed E-state index contributed by atoms with van der Waals surface area (Å²) < 4.78 is 0. The molecule has 3 rings (SSSR count). The number of carbonyl (C=O) groups excluding carboxylic acids is 3. The van der Waals surface area contributed by atoms with Gasteiger partial charge in [-0.2, -0.15) is 0 Å². The highest BCUT2D eigenvalue weighted by atomic mass is 16.2. The normalized spacial score (nSPS) is 20.7. The smallest absolute Gasteiger partial charge is 0.229 e. The molecule has 6 heteroatoms. The molecular weight excluding hydrogens is 318 g/mol. The zero-order valence-electron chi connectivity index (χ0n) is 14.8. The van der Waals surface area contributed by atoms with Gasteiger partial charge >= 0.3 is 0 Å². The van der Waals surface area contributed by atoms with Gasteiger partial charge in [-0.25, -0.2) is 0 Å². The summed E-state index contributed by atoms with van der Waals surface area (Å²) in [5, 5.41) is 2.93. The molecule has 1 N–H and O–H groups in total. The molecule has 1 aromatic rings. The third-order valence-electron chi connectivity index (χ3n) is 4.70. The fourth-order valence-electron chi connectivity index (χ4n) is 3.52. The molecule has 2 fully saturated rings. The highest BCUT2D eigenvalue weighted by molar-refractivity contribution is 6.03. The van der Waals surface area contributed by atoms with Crippen LogP contribution in [0.2, 0.25) is 0 Å². The van der Waals surface area contributed by atoms with Crippen LogP contribution in [0.25, 0.3) is 0 Å². The number of hydrogen-bond donors (Lipinski definition) is 1. The highest BCUT2D eigenvalue weighted by Gasteiger charge is 2.35. The van der Waals surface area contributed by atoms with Gasteiger partial charge in [0.05, 0.1) is 17.3 Å². The maximum absolute atomic E-state index is 12.6. The molecule has 2 saturated heterocycles. The van der Waals surface area contributed by atoms with Crippen molar-refractivity contribution in [1.82, 2.24) is 4.90 Å². The number of carbonyl (C=O) groups is 3. The van der Waals surface area contributed by atoms with Gasteiger partial charge in [0, 0.05) is 32.5 Å². The van der Waals surface area contributed by atoms with Gasteiger partial charge in [0.2, 0.25) is 17.7 Å². The summed E-state index contributed by atoms with van der Waals surface area (Å²) in [6.45, 7) is 5.94. The lowest BCUT2D eigenvalue weighted by Gasteiger charge is -2.21. The summed E-state index contributed by atoms with van der Waals surface area (Å²) in [4.78, 5) is 40.2. The number of benzene rings is 1. The number of anilines is 2. The Morgan fingerprint density at radius 1 is 1.24 bits per heavy atom. The van der Waals surface area contributed by atoms with E-state index in [0.717, 1.165) is 12.1 Å². The van der Waals surface area contributed by atoms with E-state index < -0.39 is 0 Å². The molecule has 0 bridgehead atoms. The summed E-state index contributed by atoms with van der Waals surface area (Å²) in [6, 6.07) is 7.36. The van der Waals surface area contributed by atoms with Crippen molar-refractivity contribution in [1.29, 1.82) is 0 Å². The third kappa shape index (κ3) is 3.83. The lowest BCUT2D eigenvalue weighted by Crippen LogP contribution is -2.31. The number of nitrogens with one attached hydrogen (secondary N) is 1. The van der Waals surface area contributed by atoms with Crippen LogP contribution in [0.5, 0.6) is 0 Å². The van der Waals surface area contributed by atoms with Crippen LogP contribution in [-0.2, 0) is 14.4 Å². The Morgan fingerprint density at radius 3 is 2.68 bits per heavy atom. The fraction of sp³-hybridized carbons (Fsp3) is 0.526. The average molecular weight is 343 g/mol. The van der Waals surface area contributed by atoms with E-state index in [1.165, 1.54) is 0 Å². The summed E-state index contributed by atoms with van der Waals surface area (Å²) in [7, 11) is 0. The number of rotatable bonds is 5. The molecule has 1 atom stereocenters. The molecular formula is C19H25N3O3. The van der Waals surface area contributed by atoms with E-state index in [1.807, 2.05) is 24.3 Å². The molecule has 6 nitrogen and oxygen atoms in total. The minimum Gasteiger partial charge on any atom is -0.342 e. The van der Waals surface area contributed by atoms with E-state index in [9.17, 15) is 14.4 Å². The second-order valence-corrected chi connectivity index (χ2v) is 7.25. The van der Waals surface area contributed by atoms with Gasteiger partial charge in [-0.15, -0.1) is 0 Å². The standard InChI is InChI=1S/C19H25N3O3/c1-13(2)11-21-12-14(10-18(21)24)19(25)20-15-6-3-4-7-16(15)22-9-5-8-17(22)23/h3-4,6-7,13-14H,5,8-12H2,1-2H3,(H,20,25)/t14-/m1/s1. The highest BCUT2D eigenvalue weighted by Crippen LogP contribution is 2.30. The first-order valence-corrected chi connectivity index (χ1v) is 8.93. The van der Waals surface area contributed by atoms with E-state index >= 15 is 0 Å². The van der Waals surface area contributed by atoms with Gasteiger partial charge in [0.1, 0.15) is 0 Å². The van der Waals surface area contributed by atoms with Crippen molar-refractivity contribution in [3.8, 4) is 0 Å². The Hall–Kier alpha value is -2.37. The second kappa shape index (κ2) is 7.25. The molecule has 134 valence electrons. The molecule has 0 aromatic heterocycles. The Balaban J connectivity index is 1.70. The van der Waals surface area contributed by atoms with Crippen LogP contribution in [0.15, 0.2) is 24.3 Å². The summed E-state index contributed by atoms with van der Waals surface area (Å²) >= 11 is 0. The van der Waals surface area contributed by atoms with Crippen molar-refractivity contribution in [3.63, 3.8) is 0 Å². The maximum Gasteiger partial charge on any atom is 0.229 e. The SMILES string of the molecule is CC(C)CN1C[C@H](C(=O)Nc2ccccc2N2CCCC2=O)CC1=O. The van der Waals surface area contributed by atoms with E-state index in [0.29, 0.717) is 37.7 Å². The first-order chi connectivity index (χ1) is 12.0. The number of para-hydroxylation sites is 2. The molecule has 0 saturated carbocycles. The number of amides is 3. The first-order valence-electron chi connectivity index (χ1n) is 8.93. The Morgan fingerprint density at radius 2 is 2.00 bits per heavy atom. The number of nitrogens with zero attached hydrogens (tertiary/aromatic N) is 2. The third-order valence-corrected chi connectivity index (χ3v) is 4.70. The number of hydrogen-bond acceptors (Lipinski definition) is 3. The fourth-order valence-corrected chi connectivity index (χ4v) is 3.52. The molecule has 3 amide bonds. The molecule has 0 radical (unpaired) electrons. The van der Waals surface area contributed by atoms with Crippen LogP contribution in [0.3, 0.4) is 0 Å². The monoisotopic (exact) mass is 343 g/mol. The van der Waals surface area contributed by atoms with Crippen LogP contribution in [-0.4, -0.2) is 42.3 Å². The van der Waals surface area contributed by atoms with Crippen LogP contribution >= 0.6 is 0 Å². The quantitative estimate of drug-likeness (QED) is 0.891. The van der Waals surface area contributed by atoms with Crippen LogP contribution in [0.4, 0.5) is 11.4 Å². The topological polar surface area (TPSA) is 69.7 Å². The first kappa shape index (κ1) is 17.5. The minimum absolute atomic E-state index is 0.0388. The average Bonchev–Trinajstić information content (AvgIpc) is 3.14. The van der Waals surface area contributed by atoms with Crippen molar-refractivity contribution in [3.05, 3.63) is 24.3 Å². The second-order valence-electron chi connectivity index (χ2n) is 7.25. The van der Waals surface area contributed by atoms with Crippen LogP contribution in [0, 0.1) is 11.8 Å². The molecule has 0 aliphatic carbocycles. The van der Waals surface area contributed by atoms with Gasteiger partial charge in [0.25, 0.3) is 0 Å². The van der Waals surface area contributed by atoms with Crippen molar-refractivity contribution in [2.75, 3.05) is 29.9 Å². The van der Waals surface area contributed by atoms with Gasteiger partial charge in [-0.3, -0.25) is 14.4 Å². The lowest BCUT2D eigenvalue weighted by molar-refractivity contribution is -0.128. The molecule has 2 aliphatic heterocycles. The summed E-state index contributed by atoms with van der Waals surface area (Å²) in [5.74, 6) is 0.0117. The number of likely N-dealkylation sites (tertiary alicyclic amines) is 1. The summed E-state index contributed by atoms with van der Waals surface area (Å²) in [5.41, 5.74) is 1.37. The largest absolute Gasteiger partial charge is 0.342 e. The maximum atomic E-state index is 12.6. The minimum atomic E-state index is -0.339. The molecule has 0 spiro atoms. The zero-order chi connectivity index (χ0) is 18.0. The van der Waals surface area contributed by atoms with Gasteiger partial charge in [-0.1, -0.05) is 26.0 Å². The van der Waals surface area contributed by atoms with E-state index in [4.69, 9.17) is 0 Å². The summed E-state index contributed by atoms with van der Waals surface area (Å²) in [6.07, 6.45) is 1.63. The molecule has 2 aliphatic rings. The van der Waals surface area contributed by atoms with Crippen molar-refractivity contribution >= 4 is 29.1 Å². The van der Waals surface area contributed by atoms with Crippen molar-refractivity contribution in [2.45, 2.75) is 33.1 Å². The predicted octanol–water partition coefficient (Wildman–Crippen LogP) is 2.26. The Bertz CT molecular complexity index is 686. The van der Waals surface area contributed by atoms with Crippen LogP contribution in [0.1, 0.15) is 33.1 Å². The zero-order valence-corrected chi connectivity index (χ0v) is 14.8. The van der Waals surface area contributed by atoms with Crippen LogP contribution < -0.4 is 10.2 Å². The Kier molecular flexibility index (Phi) is 5.06. The van der Waals surface area contributed by atoms with E-state index in [-0.39, 0.29) is 30.1 Å². The Labute approximate surface area is 148 Å². The molecule has 0 unspecified atom stereocenters. The molecule has 2 heterocycles. The van der Waals surface area contributed by atoms with Crippen molar-refractivity contribution in [2.24, 2.45) is 11.8 Å². The van der Waals surface area contributed by atoms with Gasteiger partial charge in [-0.05, 0) is 24.5 Å². The van der Waals surface area contributed by atoms with Gasteiger partial charge < -0.3 is 15.1 Å².